The molecule has 1 aromatic heterocycles. The highest BCUT2D eigenvalue weighted by Crippen LogP contribution is 2.47. The van der Waals surface area contributed by atoms with E-state index in [1.165, 1.54) is 0 Å². The van der Waals surface area contributed by atoms with E-state index in [9.17, 15) is 9.90 Å². The number of nitrogens with zero attached hydrogens (tertiary/aromatic N) is 2. The number of carbonyl (C=O) groups excluding carboxylic acids is 1. The lowest BCUT2D eigenvalue weighted by atomic mass is 9.67. The van der Waals surface area contributed by atoms with E-state index >= 15 is 0 Å². The van der Waals surface area contributed by atoms with Crippen molar-refractivity contribution in [3.05, 3.63) is 65.0 Å². The smallest absolute Gasteiger partial charge is 0.238 e. The van der Waals surface area contributed by atoms with Crippen LogP contribution in [-0.4, -0.2) is 34.1 Å². The Morgan fingerprint density at radius 1 is 1.09 bits per heavy atom. The fourth-order valence-corrected chi connectivity index (χ4v) is 4.99. The van der Waals surface area contributed by atoms with Gasteiger partial charge in [0, 0.05) is 26.1 Å². The summed E-state index contributed by atoms with van der Waals surface area (Å²) in [5.41, 5.74) is 4.68. The van der Waals surface area contributed by atoms with E-state index in [4.69, 9.17) is 9.47 Å². The molecular weight excluding hydrogens is 416 g/mol. The van der Waals surface area contributed by atoms with Gasteiger partial charge < -0.3 is 14.6 Å². The average molecular weight is 445 g/mol. The zero-order valence-corrected chi connectivity index (χ0v) is 19.1. The van der Waals surface area contributed by atoms with E-state index in [1.54, 1.807) is 6.20 Å². The van der Waals surface area contributed by atoms with Crippen molar-refractivity contribution in [1.29, 1.82) is 0 Å². The number of aliphatic hydroxyl groups is 1. The van der Waals surface area contributed by atoms with Gasteiger partial charge in [-0.15, -0.1) is 0 Å². The van der Waals surface area contributed by atoms with E-state index in [0.717, 1.165) is 47.0 Å². The van der Waals surface area contributed by atoms with Crippen LogP contribution < -0.4 is 4.74 Å². The number of hydrogen-bond acceptors (Lipinski definition) is 6. The number of ketones is 1. The second kappa shape index (κ2) is 8.60. The number of aliphatic hydroxyl groups excluding tert-OH is 1. The van der Waals surface area contributed by atoms with Crippen molar-refractivity contribution < 1.29 is 19.4 Å². The van der Waals surface area contributed by atoms with E-state index in [-0.39, 0.29) is 17.0 Å². The van der Waals surface area contributed by atoms with Crippen LogP contribution in [0.3, 0.4) is 0 Å². The first-order valence-electron chi connectivity index (χ1n) is 11.5. The number of aromatic nitrogens is 2. The fraction of sp³-hybridized carbons (Fsp3) is 0.370. The first-order valence-corrected chi connectivity index (χ1v) is 11.5. The summed E-state index contributed by atoms with van der Waals surface area (Å²) in [6.45, 7) is 5.35. The van der Waals surface area contributed by atoms with Crippen LogP contribution in [-0.2, 0) is 16.0 Å². The summed E-state index contributed by atoms with van der Waals surface area (Å²) in [7, 11) is 0. The Labute approximate surface area is 193 Å². The average Bonchev–Trinajstić information content (AvgIpc) is 2.79. The van der Waals surface area contributed by atoms with Gasteiger partial charge in [0.2, 0.25) is 5.88 Å². The first-order chi connectivity index (χ1) is 16.0. The van der Waals surface area contributed by atoms with Gasteiger partial charge in [-0.1, -0.05) is 19.1 Å². The molecule has 0 radical (unpaired) electrons. The fourth-order valence-electron chi connectivity index (χ4n) is 4.99. The molecule has 0 saturated carbocycles. The van der Waals surface area contributed by atoms with Gasteiger partial charge in [0.25, 0.3) is 0 Å². The molecule has 1 aliphatic carbocycles. The number of Topliss-reactive ketones (excluding diaryl/α,β-unsaturated/α-hetero) is 1. The molecule has 2 heterocycles. The zero-order valence-electron chi connectivity index (χ0n) is 19.1. The van der Waals surface area contributed by atoms with Crippen molar-refractivity contribution in [3.63, 3.8) is 0 Å². The Balaban J connectivity index is 1.48. The molecule has 5 rings (SSSR count). The molecule has 6 nitrogen and oxygen atoms in total. The summed E-state index contributed by atoms with van der Waals surface area (Å²) in [4.78, 5) is 22.3. The maximum Gasteiger partial charge on any atom is 0.238 e. The Bertz CT molecular complexity index is 1260. The van der Waals surface area contributed by atoms with Gasteiger partial charge in [0.1, 0.15) is 11.5 Å². The Morgan fingerprint density at radius 2 is 1.91 bits per heavy atom. The van der Waals surface area contributed by atoms with Gasteiger partial charge >= 0.3 is 0 Å². The molecule has 0 amide bonds. The Morgan fingerprint density at radius 3 is 2.67 bits per heavy atom. The van der Waals surface area contributed by atoms with Crippen molar-refractivity contribution in [2.24, 2.45) is 5.41 Å². The van der Waals surface area contributed by atoms with Gasteiger partial charge in [0.05, 0.1) is 22.8 Å². The minimum absolute atomic E-state index is 0.00614. The second-order valence-electron chi connectivity index (χ2n) is 9.19. The number of ether oxygens (including phenoxy) is 2. The predicted octanol–water partition coefficient (Wildman–Crippen LogP) is 5.72. The van der Waals surface area contributed by atoms with Crippen molar-refractivity contribution in [3.8, 4) is 11.6 Å². The molecule has 1 fully saturated rings. The molecule has 2 aliphatic rings. The number of hydrogen-bond donors (Lipinski definition) is 1. The molecular formula is C27H28N2O4. The maximum absolute atomic E-state index is 13.3. The summed E-state index contributed by atoms with van der Waals surface area (Å²) >= 11 is 0. The van der Waals surface area contributed by atoms with Crippen molar-refractivity contribution in [2.75, 3.05) is 13.2 Å². The number of carbonyl (C=O) groups is 1. The predicted molar refractivity (Wildman–Crippen MR) is 126 cm³/mol. The zero-order chi connectivity index (χ0) is 23.0. The summed E-state index contributed by atoms with van der Waals surface area (Å²) in [5.74, 6) is 1.12. The van der Waals surface area contributed by atoms with Gasteiger partial charge in [-0.2, -0.15) is 0 Å². The monoisotopic (exact) mass is 444 g/mol. The van der Waals surface area contributed by atoms with Crippen LogP contribution in [0, 0.1) is 12.3 Å². The minimum atomic E-state index is -0.178. The van der Waals surface area contributed by atoms with Gasteiger partial charge in [-0.3, -0.25) is 4.79 Å². The molecule has 0 atom stereocenters. The lowest BCUT2D eigenvalue weighted by molar-refractivity contribution is -0.118. The van der Waals surface area contributed by atoms with Gasteiger partial charge in [-0.25, -0.2) is 9.97 Å². The normalized spacial score (nSPS) is 18.2. The van der Waals surface area contributed by atoms with Crippen LogP contribution in [0.5, 0.6) is 11.6 Å². The third kappa shape index (κ3) is 4.23. The Hall–Kier alpha value is -3.25. The third-order valence-corrected chi connectivity index (χ3v) is 6.83. The summed E-state index contributed by atoms with van der Waals surface area (Å²) in [6, 6.07) is 11.6. The quantitative estimate of drug-likeness (QED) is 0.554. The molecule has 1 aliphatic heterocycles. The molecule has 0 bridgehead atoms. The summed E-state index contributed by atoms with van der Waals surface area (Å²) in [5, 5.41) is 11.0. The maximum atomic E-state index is 13.3. The number of allylic oxidation sites excluding steroid dienone is 2. The lowest BCUT2D eigenvalue weighted by Crippen LogP contribution is -2.36. The SMILES string of the molecule is CCc1ccc(Oc2cnc3cc(C)ccc3n2)cc1C1=C(O)CC2(CCOCC2)CC1=O. The highest BCUT2D eigenvalue weighted by molar-refractivity contribution is 6.22. The number of rotatable bonds is 4. The molecule has 33 heavy (non-hydrogen) atoms. The Kier molecular flexibility index (Phi) is 5.62. The first kappa shape index (κ1) is 21.6. The van der Waals surface area contributed by atoms with Gasteiger partial charge in [-0.05, 0) is 72.6 Å². The van der Waals surface area contributed by atoms with Crippen molar-refractivity contribution in [1.82, 2.24) is 9.97 Å². The third-order valence-electron chi connectivity index (χ3n) is 6.83. The van der Waals surface area contributed by atoms with E-state index in [0.29, 0.717) is 43.3 Å². The number of fused-ring (bicyclic) bond motifs is 1. The highest BCUT2D eigenvalue weighted by Gasteiger charge is 2.41. The molecule has 1 spiro atoms. The van der Waals surface area contributed by atoms with E-state index in [2.05, 4.69) is 9.97 Å². The highest BCUT2D eigenvalue weighted by atomic mass is 16.5. The number of aryl methyl sites for hydroxylation is 2. The molecule has 1 N–H and O–H groups in total. The standard InChI is InChI=1S/C27H28N2O4/c1-3-18-5-6-19(33-25-16-28-22-12-17(2)4-7-21(22)29-25)13-20(18)26-23(30)14-27(15-24(26)31)8-10-32-11-9-27/h4-7,12-13,16,30H,3,8-11,14-15H2,1-2H3. The molecule has 0 unspecified atom stereocenters. The van der Waals surface area contributed by atoms with Crippen LogP contribution in [0.2, 0.25) is 0 Å². The van der Waals surface area contributed by atoms with Crippen LogP contribution in [0.25, 0.3) is 16.6 Å². The number of benzene rings is 2. The molecule has 2 aromatic carbocycles. The van der Waals surface area contributed by atoms with Crippen LogP contribution >= 0.6 is 0 Å². The summed E-state index contributed by atoms with van der Waals surface area (Å²) < 4.78 is 11.5. The topological polar surface area (TPSA) is 81.5 Å². The lowest BCUT2D eigenvalue weighted by Gasteiger charge is -2.39. The van der Waals surface area contributed by atoms with Crippen LogP contribution in [0.1, 0.15) is 49.3 Å². The second-order valence-corrected chi connectivity index (χ2v) is 9.19. The van der Waals surface area contributed by atoms with E-state index < -0.39 is 0 Å². The summed E-state index contributed by atoms with van der Waals surface area (Å²) in [6.07, 6.45) is 4.92. The molecule has 170 valence electrons. The van der Waals surface area contributed by atoms with Gasteiger partial charge in [0.15, 0.2) is 5.78 Å². The molecule has 6 heteroatoms. The van der Waals surface area contributed by atoms with Crippen molar-refractivity contribution in [2.45, 2.75) is 46.0 Å². The van der Waals surface area contributed by atoms with Crippen molar-refractivity contribution >= 4 is 22.4 Å². The van der Waals surface area contributed by atoms with Crippen LogP contribution in [0.4, 0.5) is 0 Å². The van der Waals surface area contributed by atoms with E-state index in [1.807, 2.05) is 50.2 Å². The molecule has 3 aromatic rings. The van der Waals surface area contributed by atoms with Crippen LogP contribution in [0.15, 0.2) is 48.4 Å². The molecule has 1 saturated heterocycles. The largest absolute Gasteiger partial charge is 0.512 e. The minimum Gasteiger partial charge on any atom is -0.512 e.